The second-order valence-electron chi connectivity index (χ2n) is 3.85. The Morgan fingerprint density at radius 2 is 1.41 bits per heavy atom. The Bertz CT molecular complexity index is 654. The van der Waals surface area contributed by atoms with E-state index in [0.717, 1.165) is 0 Å². The maximum absolute atomic E-state index is 11.9. The van der Waals surface area contributed by atoms with E-state index in [2.05, 4.69) is 33.2 Å². The van der Waals surface area contributed by atoms with Gasteiger partial charge in [0.1, 0.15) is 13.2 Å². The van der Waals surface area contributed by atoms with Gasteiger partial charge in [0, 0.05) is 11.1 Å². The lowest BCUT2D eigenvalue weighted by Gasteiger charge is -2.08. The van der Waals surface area contributed by atoms with Gasteiger partial charge >= 0.3 is 11.9 Å². The first kappa shape index (κ1) is 17.3. The van der Waals surface area contributed by atoms with Gasteiger partial charge in [-0.3, -0.25) is 0 Å². The zero-order valence-corrected chi connectivity index (χ0v) is 12.1. The SMILES string of the molecule is COC(=O)c1cc(C#CCO)c(C(=O)OC)c(C#CCO)c1. The second-order valence-corrected chi connectivity index (χ2v) is 3.85. The predicted octanol–water partition coefficient (Wildman–Crippen LogP) is -0.0526. The first-order valence-electron chi connectivity index (χ1n) is 6.13. The molecule has 0 unspecified atom stereocenters. The van der Waals surface area contributed by atoms with Crippen LogP contribution in [0.1, 0.15) is 31.8 Å². The number of esters is 2. The van der Waals surface area contributed by atoms with E-state index >= 15 is 0 Å². The van der Waals surface area contributed by atoms with Gasteiger partial charge in [-0.25, -0.2) is 9.59 Å². The lowest BCUT2D eigenvalue weighted by Crippen LogP contribution is -2.11. The number of carbonyl (C=O) groups is 2. The van der Waals surface area contributed by atoms with Gasteiger partial charge in [0.15, 0.2) is 0 Å². The highest BCUT2D eigenvalue weighted by molar-refractivity contribution is 5.98. The number of aliphatic hydroxyl groups excluding tert-OH is 2. The van der Waals surface area contributed by atoms with Crippen molar-refractivity contribution in [1.29, 1.82) is 0 Å². The quantitative estimate of drug-likeness (QED) is 0.587. The molecule has 0 amide bonds. The summed E-state index contributed by atoms with van der Waals surface area (Å²) in [4.78, 5) is 23.6. The van der Waals surface area contributed by atoms with E-state index in [9.17, 15) is 9.59 Å². The van der Waals surface area contributed by atoms with Crippen molar-refractivity contribution >= 4 is 11.9 Å². The fourth-order valence-corrected chi connectivity index (χ4v) is 1.67. The van der Waals surface area contributed by atoms with Gasteiger partial charge < -0.3 is 19.7 Å². The molecule has 0 aliphatic rings. The molecule has 6 nitrogen and oxygen atoms in total. The summed E-state index contributed by atoms with van der Waals surface area (Å²) in [6.45, 7) is -0.832. The maximum Gasteiger partial charge on any atom is 0.340 e. The fourth-order valence-electron chi connectivity index (χ4n) is 1.67. The summed E-state index contributed by atoms with van der Waals surface area (Å²) >= 11 is 0. The van der Waals surface area contributed by atoms with E-state index in [1.807, 2.05) is 0 Å². The highest BCUT2D eigenvalue weighted by atomic mass is 16.5. The molecule has 1 aromatic rings. The van der Waals surface area contributed by atoms with Crippen LogP contribution in [0.5, 0.6) is 0 Å². The van der Waals surface area contributed by atoms with Crippen molar-refractivity contribution in [2.75, 3.05) is 27.4 Å². The van der Waals surface area contributed by atoms with Crippen LogP contribution in [0.15, 0.2) is 12.1 Å². The summed E-state index contributed by atoms with van der Waals surface area (Å²) in [5.41, 5.74) is 0.536. The third-order valence-electron chi connectivity index (χ3n) is 2.55. The van der Waals surface area contributed by atoms with Gasteiger partial charge in [-0.05, 0) is 12.1 Å². The largest absolute Gasteiger partial charge is 0.465 e. The zero-order chi connectivity index (χ0) is 16.5. The van der Waals surface area contributed by atoms with Crippen molar-refractivity contribution < 1.29 is 29.3 Å². The molecule has 0 aromatic heterocycles. The average molecular weight is 302 g/mol. The zero-order valence-electron chi connectivity index (χ0n) is 12.1. The van der Waals surface area contributed by atoms with Gasteiger partial charge in [0.2, 0.25) is 0 Å². The molecular weight excluding hydrogens is 288 g/mol. The summed E-state index contributed by atoms with van der Waals surface area (Å²) < 4.78 is 9.32. The number of hydrogen-bond acceptors (Lipinski definition) is 6. The standard InChI is InChI=1S/C16H14O6/c1-21-15(19)13-9-11(5-3-7-17)14(16(20)22-2)12(10-13)6-4-8-18/h9-10,17-18H,7-8H2,1-2H3. The van der Waals surface area contributed by atoms with Crippen LogP contribution in [0.4, 0.5) is 0 Å². The summed E-state index contributed by atoms with van der Waals surface area (Å²) in [7, 11) is 2.41. The number of carbonyl (C=O) groups excluding carboxylic acids is 2. The van der Waals surface area contributed by atoms with Gasteiger partial charge in [-0.15, -0.1) is 0 Å². The molecule has 1 rings (SSSR count). The van der Waals surface area contributed by atoms with Crippen LogP contribution in [0.25, 0.3) is 0 Å². The predicted molar refractivity (Wildman–Crippen MR) is 77.0 cm³/mol. The minimum atomic E-state index is -0.694. The Labute approximate surface area is 127 Å². The van der Waals surface area contributed by atoms with Crippen LogP contribution in [0, 0.1) is 23.7 Å². The molecule has 0 fully saturated rings. The van der Waals surface area contributed by atoms with Gasteiger partial charge in [0.25, 0.3) is 0 Å². The van der Waals surface area contributed by atoms with E-state index < -0.39 is 25.2 Å². The second kappa shape index (κ2) is 8.48. The Hall–Kier alpha value is -2.80. The van der Waals surface area contributed by atoms with Crippen LogP contribution in [-0.4, -0.2) is 49.6 Å². The molecule has 0 spiro atoms. The molecule has 6 heteroatoms. The lowest BCUT2D eigenvalue weighted by atomic mass is 9.97. The molecule has 0 saturated heterocycles. The van der Waals surface area contributed by atoms with Crippen molar-refractivity contribution in [3.63, 3.8) is 0 Å². The minimum Gasteiger partial charge on any atom is -0.465 e. The van der Waals surface area contributed by atoms with Crippen molar-refractivity contribution in [2.24, 2.45) is 0 Å². The summed E-state index contributed by atoms with van der Waals surface area (Å²) in [6.07, 6.45) is 0. The van der Waals surface area contributed by atoms with Crippen LogP contribution >= 0.6 is 0 Å². The number of aliphatic hydroxyl groups is 2. The first-order chi connectivity index (χ1) is 10.6. The van der Waals surface area contributed by atoms with E-state index in [4.69, 9.17) is 10.2 Å². The lowest BCUT2D eigenvalue weighted by molar-refractivity contribution is 0.0586. The highest BCUT2D eigenvalue weighted by Gasteiger charge is 2.19. The Morgan fingerprint density at radius 1 is 0.955 bits per heavy atom. The van der Waals surface area contributed by atoms with Gasteiger partial charge in [0.05, 0.1) is 25.3 Å². The van der Waals surface area contributed by atoms with Crippen molar-refractivity contribution in [3.8, 4) is 23.7 Å². The van der Waals surface area contributed by atoms with E-state index in [0.29, 0.717) is 0 Å². The molecule has 0 heterocycles. The fraction of sp³-hybridized carbons (Fsp3) is 0.250. The maximum atomic E-state index is 11.9. The number of rotatable bonds is 2. The Morgan fingerprint density at radius 3 is 1.77 bits per heavy atom. The van der Waals surface area contributed by atoms with Crippen molar-refractivity contribution in [3.05, 3.63) is 34.4 Å². The molecule has 0 atom stereocenters. The van der Waals surface area contributed by atoms with E-state index in [1.54, 1.807) is 0 Å². The topological polar surface area (TPSA) is 93.1 Å². The van der Waals surface area contributed by atoms with Crippen molar-refractivity contribution in [2.45, 2.75) is 0 Å². The first-order valence-corrected chi connectivity index (χ1v) is 6.13. The molecule has 0 radical (unpaired) electrons. The summed E-state index contributed by atoms with van der Waals surface area (Å²) in [6, 6.07) is 2.70. The number of methoxy groups -OCH3 is 2. The monoisotopic (exact) mass is 302 g/mol. The van der Waals surface area contributed by atoms with E-state index in [-0.39, 0.29) is 22.3 Å². The highest BCUT2D eigenvalue weighted by Crippen LogP contribution is 2.19. The number of hydrogen-bond donors (Lipinski definition) is 2. The molecule has 22 heavy (non-hydrogen) atoms. The Kier molecular flexibility index (Phi) is 6.65. The molecule has 0 aliphatic heterocycles. The van der Waals surface area contributed by atoms with Crippen LogP contribution in [0.3, 0.4) is 0 Å². The van der Waals surface area contributed by atoms with Crippen LogP contribution < -0.4 is 0 Å². The molecular formula is C16H14O6. The number of ether oxygens (including phenoxy) is 2. The molecule has 0 aliphatic carbocycles. The van der Waals surface area contributed by atoms with Gasteiger partial charge in [-0.2, -0.15) is 0 Å². The normalized spacial score (nSPS) is 8.91. The Balaban J connectivity index is 3.67. The third-order valence-corrected chi connectivity index (χ3v) is 2.55. The molecule has 114 valence electrons. The van der Waals surface area contributed by atoms with E-state index in [1.165, 1.54) is 26.4 Å². The summed E-state index contributed by atoms with van der Waals surface area (Å²) in [5.74, 6) is 8.63. The van der Waals surface area contributed by atoms with Crippen molar-refractivity contribution in [1.82, 2.24) is 0 Å². The minimum absolute atomic E-state index is 0.0528. The van der Waals surface area contributed by atoms with Crippen LogP contribution in [0.2, 0.25) is 0 Å². The molecule has 0 saturated carbocycles. The molecule has 1 aromatic carbocycles. The average Bonchev–Trinajstić information content (AvgIpc) is 2.55. The smallest absolute Gasteiger partial charge is 0.340 e. The summed E-state index contributed by atoms with van der Waals surface area (Å²) in [5, 5.41) is 17.6. The van der Waals surface area contributed by atoms with Crippen LogP contribution in [-0.2, 0) is 9.47 Å². The molecule has 0 bridgehead atoms. The third kappa shape index (κ3) is 4.10. The van der Waals surface area contributed by atoms with Gasteiger partial charge in [-0.1, -0.05) is 23.7 Å². The molecule has 2 N–H and O–H groups in total. The number of benzene rings is 1.